The lowest BCUT2D eigenvalue weighted by atomic mass is 9.86. The number of imide groups is 1. The van der Waals surface area contributed by atoms with Crippen molar-refractivity contribution in [3.05, 3.63) is 78.4 Å². The van der Waals surface area contributed by atoms with Crippen LogP contribution in [-0.4, -0.2) is 40.9 Å². The molecule has 28 heavy (non-hydrogen) atoms. The molecule has 6 nitrogen and oxygen atoms in total. The number of nitrogens with zero attached hydrogens (tertiary/aromatic N) is 3. The van der Waals surface area contributed by atoms with Crippen molar-refractivity contribution < 1.29 is 14.4 Å². The number of hydrazone groups is 1. The third-order valence-electron chi connectivity index (χ3n) is 5.63. The van der Waals surface area contributed by atoms with Crippen LogP contribution in [0.4, 0.5) is 5.69 Å². The lowest BCUT2D eigenvalue weighted by Gasteiger charge is -2.30. The smallest absolute Gasteiger partial charge is 0.240 e. The van der Waals surface area contributed by atoms with Gasteiger partial charge in [0.05, 0.1) is 23.6 Å². The van der Waals surface area contributed by atoms with Crippen LogP contribution in [0.25, 0.3) is 0 Å². The second-order valence-electron chi connectivity index (χ2n) is 7.09. The highest BCUT2D eigenvalue weighted by Crippen LogP contribution is 2.46. The van der Waals surface area contributed by atoms with Crippen LogP contribution in [0.5, 0.6) is 0 Å². The molecule has 2 aromatic rings. The number of hydrogen-bond donors (Lipinski definition) is 0. The van der Waals surface area contributed by atoms with Crippen molar-refractivity contribution in [2.75, 3.05) is 4.90 Å². The molecule has 0 spiro atoms. The van der Waals surface area contributed by atoms with E-state index in [-0.39, 0.29) is 17.6 Å². The van der Waals surface area contributed by atoms with Crippen LogP contribution in [0.1, 0.15) is 10.4 Å². The standard InChI is InChI=1S/C22H17N3O3/c26-20(14-8-3-1-4-9-14)19-18-17(16-12-7-13-23-25(16)19)21(27)24(22(18)28)15-10-5-2-6-11-15/h1-13,16-19H/t16-,17+,18+,19-/m0/s1. The molecule has 0 aliphatic carbocycles. The number of allylic oxidation sites excluding steroid dienone is 1. The molecule has 3 aliphatic heterocycles. The van der Waals surface area contributed by atoms with Crippen LogP contribution in [-0.2, 0) is 9.59 Å². The number of fused-ring (bicyclic) bond motifs is 3. The maximum atomic E-state index is 13.3. The molecule has 2 saturated heterocycles. The van der Waals surface area contributed by atoms with E-state index in [0.29, 0.717) is 11.3 Å². The quantitative estimate of drug-likeness (QED) is 0.613. The molecule has 0 aromatic heterocycles. The van der Waals surface area contributed by atoms with Crippen molar-refractivity contribution in [1.29, 1.82) is 0 Å². The van der Waals surface area contributed by atoms with E-state index < -0.39 is 23.9 Å². The van der Waals surface area contributed by atoms with Crippen LogP contribution < -0.4 is 4.90 Å². The Kier molecular flexibility index (Phi) is 3.72. The van der Waals surface area contributed by atoms with Gasteiger partial charge in [-0.05, 0) is 18.2 Å². The summed E-state index contributed by atoms with van der Waals surface area (Å²) in [4.78, 5) is 41.1. The summed E-state index contributed by atoms with van der Waals surface area (Å²) in [6.07, 6.45) is 5.20. The number of amides is 2. The second-order valence-corrected chi connectivity index (χ2v) is 7.09. The molecule has 0 radical (unpaired) electrons. The first-order valence-electron chi connectivity index (χ1n) is 9.20. The third-order valence-corrected chi connectivity index (χ3v) is 5.63. The summed E-state index contributed by atoms with van der Waals surface area (Å²) in [5, 5.41) is 5.97. The topological polar surface area (TPSA) is 70.0 Å². The van der Waals surface area contributed by atoms with Crippen LogP contribution in [0.2, 0.25) is 0 Å². The molecule has 4 atom stereocenters. The number of carbonyl (C=O) groups is 3. The zero-order chi connectivity index (χ0) is 19.3. The number of ketones is 1. The van der Waals surface area contributed by atoms with E-state index in [1.54, 1.807) is 65.8 Å². The summed E-state index contributed by atoms with van der Waals surface area (Å²) in [5.41, 5.74) is 1.04. The fraction of sp³-hybridized carbons (Fsp3) is 0.182. The Hall–Kier alpha value is -3.54. The fourth-order valence-corrected chi connectivity index (χ4v) is 4.44. The van der Waals surface area contributed by atoms with E-state index in [0.717, 1.165) is 0 Å². The lowest BCUT2D eigenvalue weighted by Crippen LogP contribution is -2.46. The number of benzene rings is 2. The monoisotopic (exact) mass is 371 g/mol. The van der Waals surface area contributed by atoms with E-state index in [2.05, 4.69) is 5.10 Å². The van der Waals surface area contributed by atoms with Gasteiger partial charge >= 0.3 is 0 Å². The molecule has 2 fully saturated rings. The number of anilines is 1. The summed E-state index contributed by atoms with van der Waals surface area (Å²) in [6.45, 7) is 0. The average Bonchev–Trinajstić information content (AvgIpc) is 3.22. The number of carbonyl (C=O) groups excluding carboxylic acids is 3. The van der Waals surface area contributed by atoms with E-state index in [1.807, 2.05) is 18.2 Å². The Bertz CT molecular complexity index is 1020. The molecule has 5 rings (SSSR count). The van der Waals surface area contributed by atoms with Gasteiger partial charge in [-0.3, -0.25) is 19.4 Å². The molecular weight excluding hydrogens is 354 g/mol. The van der Waals surface area contributed by atoms with Crippen molar-refractivity contribution >= 4 is 29.5 Å². The normalized spacial score (nSPS) is 27.9. The van der Waals surface area contributed by atoms with Crippen LogP contribution in [0, 0.1) is 11.8 Å². The molecule has 0 N–H and O–H groups in total. The van der Waals surface area contributed by atoms with Gasteiger partial charge in [-0.2, -0.15) is 5.10 Å². The first kappa shape index (κ1) is 16.6. The van der Waals surface area contributed by atoms with Gasteiger partial charge in [-0.1, -0.05) is 54.6 Å². The van der Waals surface area contributed by atoms with E-state index >= 15 is 0 Å². The molecule has 0 unspecified atom stereocenters. The van der Waals surface area contributed by atoms with Gasteiger partial charge in [0, 0.05) is 11.8 Å². The molecule has 3 aliphatic rings. The van der Waals surface area contributed by atoms with Crippen molar-refractivity contribution in [3.8, 4) is 0 Å². The van der Waals surface area contributed by atoms with Crippen molar-refractivity contribution in [2.45, 2.75) is 12.1 Å². The minimum Gasteiger partial charge on any atom is -0.292 e. The summed E-state index contributed by atoms with van der Waals surface area (Å²) < 4.78 is 0. The largest absolute Gasteiger partial charge is 0.292 e. The van der Waals surface area contributed by atoms with Gasteiger partial charge < -0.3 is 0 Å². The summed E-state index contributed by atoms with van der Waals surface area (Å²) in [7, 11) is 0. The van der Waals surface area contributed by atoms with Crippen molar-refractivity contribution in [1.82, 2.24) is 5.01 Å². The average molecular weight is 371 g/mol. The minimum absolute atomic E-state index is 0.193. The Morgan fingerprint density at radius 3 is 2.21 bits per heavy atom. The van der Waals surface area contributed by atoms with Crippen LogP contribution in [0.15, 0.2) is 77.9 Å². The van der Waals surface area contributed by atoms with Crippen LogP contribution in [0.3, 0.4) is 0 Å². The number of rotatable bonds is 3. The lowest BCUT2D eigenvalue weighted by molar-refractivity contribution is -0.123. The first-order chi connectivity index (χ1) is 13.7. The Morgan fingerprint density at radius 1 is 0.857 bits per heavy atom. The van der Waals surface area contributed by atoms with E-state index in [4.69, 9.17) is 0 Å². The van der Waals surface area contributed by atoms with Gasteiger partial charge in [-0.15, -0.1) is 0 Å². The predicted octanol–water partition coefficient (Wildman–Crippen LogP) is 2.28. The minimum atomic E-state index is -0.802. The molecule has 138 valence electrons. The zero-order valence-corrected chi connectivity index (χ0v) is 14.9. The zero-order valence-electron chi connectivity index (χ0n) is 14.9. The maximum Gasteiger partial charge on any atom is 0.240 e. The number of para-hydroxylation sites is 1. The number of Topliss-reactive ketones (excluding diaryl/α,β-unsaturated/α-hetero) is 1. The predicted molar refractivity (Wildman–Crippen MR) is 104 cm³/mol. The molecule has 2 aromatic carbocycles. The third kappa shape index (κ3) is 2.27. The summed E-state index contributed by atoms with van der Waals surface area (Å²) in [5.74, 6) is -2.19. The second kappa shape index (κ2) is 6.27. The van der Waals surface area contributed by atoms with Gasteiger partial charge in [0.25, 0.3) is 0 Å². The van der Waals surface area contributed by atoms with Gasteiger partial charge in [0.1, 0.15) is 6.04 Å². The first-order valence-corrected chi connectivity index (χ1v) is 9.20. The Balaban J connectivity index is 1.60. The molecule has 2 amide bonds. The maximum absolute atomic E-state index is 13.3. The molecule has 0 bridgehead atoms. The van der Waals surface area contributed by atoms with Crippen LogP contribution >= 0.6 is 0 Å². The summed E-state index contributed by atoms with van der Waals surface area (Å²) in [6, 6.07) is 16.5. The highest BCUT2D eigenvalue weighted by molar-refractivity contribution is 6.24. The summed E-state index contributed by atoms with van der Waals surface area (Å²) >= 11 is 0. The van der Waals surface area contributed by atoms with Gasteiger partial charge in [0.2, 0.25) is 11.8 Å². The van der Waals surface area contributed by atoms with Gasteiger partial charge in [-0.25, -0.2) is 4.90 Å². The highest BCUT2D eigenvalue weighted by atomic mass is 16.2. The SMILES string of the molecule is O=C(c1ccccc1)[C@@H]1[C@@H]2C(=O)N(c3ccccc3)C(=O)[C@@H]2[C@@H]2C=CC=NN12. The van der Waals surface area contributed by atoms with Crippen molar-refractivity contribution in [2.24, 2.45) is 16.9 Å². The molecule has 0 saturated carbocycles. The number of hydrogen-bond acceptors (Lipinski definition) is 5. The van der Waals surface area contributed by atoms with Gasteiger partial charge in [0.15, 0.2) is 5.78 Å². The molecule has 3 heterocycles. The fourth-order valence-electron chi connectivity index (χ4n) is 4.44. The Labute approximate surface area is 161 Å². The van der Waals surface area contributed by atoms with E-state index in [9.17, 15) is 14.4 Å². The van der Waals surface area contributed by atoms with Crippen molar-refractivity contribution in [3.63, 3.8) is 0 Å². The molecular formula is C22H17N3O3. The van der Waals surface area contributed by atoms with E-state index in [1.165, 1.54) is 4.90 Å². The highest BCUT2D eigenvalue weighted by Gasteiger charge is 2.64. The Morgan fingerprint density at radius 2 is 1.50 bits per heavy atom. The molecule has 6 heteroatoms.